The van der Waals surface area contributed by atoms with E-state index in [2.05, 4.69) is 39.6 Å². The third kappa shape index (κ3) is 9.30. The van der Waals surface area contributed by atoms with E-state index in [1.807, 2.05) is 10.8 Å². The second-order valence-electron chi connectivity index (χ2n) is 4.97. The monoisotopic (exact) mass is 325 g/mol. The predicted octanol–water partition coefficient (Wildman–Crippen LogP) is 4.00. The van der Waals surface area contributed by atoms with Gasteiger partial charge in [0.2, 0.25) is 0 Å². The number of rotatable bonds is 3. The number of hydrogen-bond acceptors (Lipinski definition) is 1. The second-order valence-corrected chi connectivity index (χ2v) is 10.9. The zero-order valence-electron chi connectivity index (χ0n) is 9.42. The Morgan fingerprint density at radius 1 is 1.14 bits per heavy atom. The molecule has 14 heavy (non-hydrogen) atoms. The van der Waals surface area contributed by atoms with Crippen LogP contribution in [-0.2, 0) is 13.5 Å². The van der Waals surface area contributed by atoms with Gasteiger partial charge in [-0.3, -0.25) is 0 Å². The molecule has 0 aliphatic rings. The van der Waals surface area contributed by atoms with Crippen molar-refractivity contribution in [2.45, 2.75) is 46.6 Å². The molecule has 0 aromatic heterocycles. The molecule has 0 fully saturated rings. The zero-order chi connectivity index (χ0) is 11.4. The standard InChI is InChI=1S/C10H19N.2ClH.Ru/c1-7-10(5,6)8-11-9(2,3)4;;;/h1,8H,7H2,2-6H3;2*1H;/q;;;+2/p-2. The quantitative estimate of drug-likeness (QED) is 0.549. The summed E-state index contributed by atoms with van der Waals surface area (Å²) in [5.74, 6) is 0. The van der Waals surface area contributed by atoms with Crippen LogP contribution in [0.4, 0.5) is 0 Å². The van der Waals surface area contributed by atoms with Crippen LogP contribution in [0, 0.1) is 5.41 Å². The predicted molar refractivity (Wildman–Crippen MR) is 64.4 cm³/mol. The van der Waals surface area contributed by atoms with Gasteiger partial charge < -0.3 is 0 Å². The van der Waals surface area contributed by atoms with E-state index < -0.39 is 13.5 Å². The van der Waals surface area contributed by atoms with E-state index in [0.717, 1.165) is 6.42 Å². The van der Waals surface area contributed by atoms with E-state index in [1.165, 1.54) is 0 Å². The average molecular weight is 325 g/mol. The summed E-state index contributed by atoms with van der Waals surface area (Å²) in [4.78, 5) is 4.49. The molecule has 4 heteroatoms. The Morgan fingerprint density at radius 2 is 1.64 bits per heavy atom. The Hall–Kier alpha value is 0.743. The molecule has 0 aromatic carbocycles. The summed E-state index contributed by atoms with van der Waals surface area (Å²) in [7, 11) is 11.6. The number of aliphatic imine (C=N–C) groups is 1. The molecule has 0 bridgehead atoms. The Morgan fingerprint density at radius 3 is 2.00 bits per heavy atom. The van der Waals surface area contributed by atoms with E-state index in [9.17, 15) is 0 Å². The van der Waals surface area contributed by atoms with Crippen LogP contribution < -0.4 is 0 Å². The van der Waals surface area contributed by atoms with Crippen molar-refractivity contribution in [1.82, 2.24) is 0 Å². The first-order valence-corrected chi connectivity index (χ1v) is 9.98. The van der Waals surface area contributed by atoms with Gasteiger partial charge >= 0.3 is 101 Å². The summed E-state index contributed by atoms with van der Waals surface area (Å²) in [6, 6.07) is 0. The van der Waals surface area contributed by atoms with Crippen LogP contribution >= 0.6 is 19.4 Å². The van der Waals surface area contributed by atoms with Crippen LogP contribution in [0.5, 0.6) is 0 Å². The summed E-state index contributed by atoms with van der Waals surface area (Å²) in [5.41, 5.74) is 0.0554. The third-order valence-corrected chi connectivity index (χ3v) is 3.69. The van der Waals surface area contributed by atoms with Crippen LogP contribution in [0.25, 0.3) is 0 Å². The van der Waals surface area contributed by atoms with Gasteiger partial charge in [-0.25, -0.2) is 0 Å². The van der Waals surface area contributed by atoms with Gasteiger partial charge in [-0.2, -0.15) is 0 Å². The molecule has 0 aliphatic heterocycles. The molecular weight excluding hydrogens is 306 g/mol. The van der Waals surface area contributed by atoms with Crippen LogP contribution in [-0.4, -0.2) is 16.4 Å². The molecule has 0 amide bonds. The van der Waals surface area contributed by atoms with Crippen LogP contribution in [0.15, 0.2) is 4.99 Å². The topological polar surface area (TPSA) is 12.4 Å². The molecule has 0 N–H and O–H groups in total. The van der Waals surface area contributed by atoms with Crippen molar-refractivity contribution in [2.75, 3.05) is 0 Å². The summed E-state index contributed by atoms with van der Waals surface area (Å²) < 4.78 is 2.03. The van der Waals surface area contributed by atoms with Crippen LogP contribution in [0.2, 0.25) is 0 Å². The molecule has 0 saturated carbocycles. The van der Waals surface area contributed by atoms with Gasteiger partial charge in [0, 0.05) is 0 Å². The molecule has 0 unspecified atom stereocenters. The van der Waals surface area contributed by atoms with Crippen LogP contribution in [0.1, 0.15) is 41.0 Å². The fraction of sp³-hybridized carbons (Fsp3) is 0.800. The maximum absolute atomic E-state index is 5.78. The van der Waals surface area contributed by atoms with Gasteiger partial charge in [-0.1, -0.05) is 0 Å². The van der Waals surface area contributed by atoms with Crippen molar-refractivity contribution < 1.29 is 13.5 Å². The molecule has 86 valence electrons. The van der Waals surface area contributed by atoms with E-state index in [4.69, 9.17) is 19.4 Å². The minimum absolute atomic E-state index is 0.00358. The van der Waals surface area contributed by atoms with Gasteiger partial charge in [0.1, 0.15) is 0 Å². The fourth-order valence-corrected chi connectivity index (χ4v) is 2.49. The Kier molecular flexibility index (Phi) is 6.03. The van der Waals surface area contributed by atoms with Gasteiger partial charge in [-0.05, 0) is 0 Å². The van der Waals surface area contributed by atoms with Crippen molar-refractivity contribution in [2.24, 2.45) is 10.4 Å². The van der Waals surface area contributed by atoms with Crippen LogP contribution in [0.3, 0.4) is 0 Å². The molecule has 0 aromatic rings. The Labute approximate surface area is 100 Å². The van der Waals surface area contributed by atoms with E-state index in [1.54, 1.807) is 0 Å². The maximum atomic E-state index is 5.78. The number of halogens is 2. The molecule has 0 spiro atoms. The molecule has 1 nitrogen and oxygen atoms in total. The van der Waals surface area contributed by atoms with E-state index in [0.29, 0.717) is 0 Å². The summed E-state index contributed by atoms with van der Waals surface area (Å²) in [6.07, 6.45) is 2.91. The van der Waals surface area contributed by atoms with Gasteiger partial charge in [-0.15, -0.1) is 0 Å². The number of hydrogen-bond donors (Lipinski definition) is 0. The Bertz CT molecular complexity index is 235. The third-order valence-electron chi connectivity index (χ3n) is 1.51. The molecule has 0 radical (unpaired) electrons. The molecular formula is C10H19Cl2NRu. The first-order chi connectivity index (χ1) is 6.12. The van der Waals surface area contributed by atoms with Gasteiger partial charge in [0.15, 0.2) is 0 Å². The fourth-order valence-electron chi connectivity index (χ4n) is 0.662. The molecule has 0 heterocycles. The summed E-state index contributed by atoms with van der Waals surface area (Å²) in [5, 5.41) is 0. The first-order valence-electron chi connectivity index (χ1n) is 4.50. The molecule has 0 atom stereocenters. The normalized spacial score (nSPS) is 14.6. The van der Waals surface area contributed by atoms with Gasteiger partial charge in [0.25, 0.3) is 0 Å². The second kappa shape index (κ2) is 5.73. The van der Waals surface area contributed by atoms with Crippen molar-refractivity contribution in [1.29, 1.82) is 0 Å². The van der Waals surface area contributed by atoms with Crippen molar-refractivity contribution in [3.05, 3.63) is 0 Å². The summed E-state index contributed by atoms with van der Waals surface area (Å²) in [6.45, 7) is 10.5. The van der Waals surface area contributed by atoms with E-state index in [-0.39, 0.29) is 11.0 Å². The van der Waals surface area contributed by atoms with Crippen molar-refractivity contribution >= 4 is 30.2 Å². The number of nitrogens with zero attached hydrogens (tertiary/aromatic N) is 1. The molecule has 0 rings (SSSR count). The first kappa shape index (κ1) is 14.7. The SMILES string of the molecule is CC(C)(C=NC(C)(C)C)C[CH]=[Ru]([Cl])[Cl]. The Balaban J connectivity index is 4.35. The van der Waals surface area contributed by atoms with Gasteiger partial charge in [0.05, 0.1) is 0 Å². The van der Waals surface area contributed by atoms with Crippen molar-refractivity contribution in [3.8, 4) is 0 Å². The van der Waals surface area contributed by atoms with Crippen molar-refractivity contribution in [3.63, 3.8) is 0 Å². The molecule has 0 aliphatic carbocycles. The zero-order valence-corrected chi connectivity index (χ0v) is 12.7. The average Bonchev–Trinajstić information content (AvgIpc) is 1.97. The minimum atomic E-state index is -1.62. The van der Waals surface area contributed by atoms with E-state index >= 15 is 0 Å². The molecule has 0 saturated heterocycles. The summed E-state index contributed by atoms with van der Waals surface area (Å²) >= 11 is -1.62.